The van der Waals surface area contributed by atoms with Gasteiger partial charge in [-0.2, -0.15) is 0 Å². The Hall–Kier alpha value is -1.36. The molecule has 2 aromatic rings. The fourth-order valence-electron chi connectivity index (χ4n) is 4.27. The van der Waals surface area contributed by atoms with E-state index < -0.39 is 6.10 Å². The summed E-state index contributed by atoms with van der Waals surface area (Å²) >= 11 is 1.80. The molecule has 0 radical (unpaired) electrons. The molecule has 0 amide bonds. The van der Waals surface area contributed by atoms with E-state index in [1.54, 1.807) is 11.3 Å². The highest BCUT2D eigenvalue weighted by Gasteiger charge is 2.21. The van der Waals surface area contributed by atoms with Gasteiger partial charge in [0.05, 0.1) is 17.6 Å². The Morgan fingerprint density at radius 3 is 2.58 bits per heavy atom. The van der Waals surface area contributed by atoms with Gasteiger partial charge in [0.1, 0.15) is 0 Å². The van der Waals surface area contributed by atoms with E-state index >= 15 is 0 Å². The van der Waals surface area contributed by atoms with E-state index in [1.165, 1.54) is 16.1 Å². The first kappa shape index (κ1) is 24.3. The van der Waals surface area contributed by atoms with Gasteiger partial charge >= 0.3 is 0 Å². The number of aliphatic hydroxyl groups is 1. The van der Waals surface area contributed by atoms with E-state index in [0.717, 1.165) is 58.2 Å². The van der Waals surface area contributed by atoms with Gasteiger partial charge in [0.2, 0.25) is 0 Å². The van der Waals surface area contributed by atoms with E-state index in [9.17, 15) is 5.11 Å². The fraction of sp³-hybridized carbons (Fsp3) is 0.522. The highest BCUT2D eigenvalue weighted by Crippen LogP contribution is 2.22. The lowest BCUT2D eigenvalue weighted by atomic mass is 10.00. The predicted molar refractivity (Wildman–Crippen MR) is 141 cm³/mol. The van der Waals surface area contributed by atoms with Crippen LogP contribution >= 0.6 is 35.3 Å². The molecule has 1 atom stereocenters. The number of benzene rings is 1. The zero-order valence-electron chi connectivity index (χ0n) is 18.2. The second-order valence-corrected chi connectivity index (χ2v) is 8.95. The van der Waals surface area contributed by atoms with Crippen LogP contribution in [0.5, 0.6) is 0 Å². The highest BCUT2D eigenvalue weighted by molar-refractivity contribution is 14.0. The number of hydrogen-bond donors (Lipinski definition) is 2. The number of β-amino-alcohol motifs (C(OH)–C–C–N with tert-alkyl or cyclic N) is 1. The second kappa shape index (κ2) is 12.0. The lowest BCUT2D eigenvalue weighted by molar-refractivity contribution is 0.111. The molecule has 6 nitrogen and oxygen atoms in total. The van der Waals surface area contributed by atoms with Gasteiger partial charge in [-0.1, -0.05) is 24.3 Å². The lowest BCUT2D eigenvalue weighted by Gasteiger charge is -2.37. The standard InChI is InChI=1S/C23H33N5OS.HI/c1-2-24-23(28-13-11-27(12-14-28)22-8-5-15-30-22)25-16-21(29)18-26-10-9-19-6-3-4-7-20(19)17-26;/h3-8,15,21,29H,2,9-14,16-18H2,1H3,(H,24,25);1H. The Labute approximate surface area is 207 Å². The molecule has 1 aromatic heterocycles. The van der Waals surface area contributed by atoms with Crippen LogP contribution in [0.4, 0.5) is 5.00 Å². The molecular formula is C23H34IN5OS. The van der Waals surface area contributed by atoms with E-state index in [1.807, 2.05) is 0 Å². The van der Waals surface area contributed by atoms with Crippen LogP contribution in [0.1, 0.15) is 18.1 Å². The number of hydrogen-bond acceptors (Lipinski definition) is 5. The maximum atomic E-state index is 10.6. The van der Waals surface area contributed by atoms with Gasteiger partial charge in [-0.3, -0.25) is 9.89 Å². The summed E-state index contributed by atoms with van der Waals surface area (Å²) < 4.78 is 0. The lowest BCUT2D eigenvalue weighted by Crippen LogP contribution is -2.52. The largest absolute Gasteiger partial charge is 0.390 e. The van der Waals surface area contributed by atoms with Gasteiger partial charge in [-0.15, -0.1) is 35.3 Å². The molecule has 8 heteroatoms. The van der Waals surface area contributed by atoms with E-state index in [2.05, 4.69) is 68.7 Å². The molecule has 0 aliphatic carbocycles. The van der Waals surface area contributed by atoms with Crippen LogP contribution in [-0.4, -0.2) is 79.3 Å². The molecule has 1 unspecified atom stereocenters. The molecule has 1 fully saturated rings. The van der Waals surface area contributed by atoms with Crippen molar-refractivity contribution in [3.63, 3.8) is 0 Å². The van der Waals surface area contributed by atoms with Crippen LogP contribution in [0, 0.1) is 0 Å². The summed E-state index contributed by atoms with van der Waals surface area (Å²) in [6, 6.07) is 12.9. The number of thiophene rings is 1. The molecule has 2 aliphatic rings. The van der Waals surface area contributed by atoms with Crippen LogP contribution in [0.2, 0.25) is 0 Å². The predicted octanol–water partition coefficient (Wildman–Crippen LogP) is 2.87. The Bertz CT molecular complexity index is 823. The number of nitrogens with one attached hydrogen (secondary N) is 1. The normalized spacial score (nSPS) is 18.3. The molecule has 1 saturated heterocycles. The SMILES string of the molecule is CCNC(=NCC(O)CN1CCc2ccccc2C1)N1CCN(c2cccs2)CC1.I. The first-order valence-electron chi connectivity index (χ1n) is 11.0. The van der Waals surface area contributed by atoms with Gasteiger partial charge in [0.25, 0.3) is 0 Å². The van der Waals surface area contributed by atoms with Crippen molar-refractivity contribution in [3.05, 3.63) is 52.9 Å². The first-order valence-corrected chi connectivity index (χ1v) is 11.9. The van der Waals surface area contributed by atoms with Crippen LogP contribution in [0.3, 0.4) is 0 Å². The summed E-state index contributed by atoms with van der Waals surface area (Å²) in [5.74, 6) is 0.923. The number of rotatable bonds is 6. The minimum Gasteiger partial charge on any atom is -0.390 e. The Balaban J connectivity index is 0.00000272. The van der Waals surface area contributed by atoms with Crippen molar-refractivity contribution in [2.45, 2.75) is 26.0 Å². The second-order valence-electron chi connectivity index (χ2n) is 8.03. The van der Waals surface area contributed by atoms with Crippen molar-refractivity contribution in [2.24, 2.45) is 4.99 Å². The topological polar surface area (TPSA) is 54.3 Å². The number of fused-ring (bicyclic) bond motifs is 1. The molecule has 0 bridgehead atoms. The fourth-order valence-corrected chi connectivity index (χ4v) is 5.06. The summed E-state index contributed by atoms with van der Waals surface area (Å²) in [6.45, 7) is 9.86. The zero-order chi connectivity index (χ0) is 20.8. The molecule has 0 spiro atoms. The molecule has 31 heavy (non-hydrogen) atoms. The number of aliphatic hydroxyl groups excluding tert-OH is 1. The molecule has 3 heterocycles. The number of halogens is 1. The maximum absolute atomic E-state index is 10.6. The van der Waals surface area contributed by atoms with Crippen LogP contribution in [-0.2, 0) is 13.0 Å². The average molecular weight is 556 g/mol. The smallest absolute Gasteiger partial charge is 0.194 e. The third-order valence-corrected chi connectivity index (χ3v) is 6.79. The van der Waals surface area contributed by atoms with Crippen LogP contribution < -0.4 is 10.2 Å². The van der Waals surface area contributed by atoms with Crippen LogP contribution in [0.15, 0.2) is 46.8 Å². The summed E-state index contributed by atoms with van der Waals surface area (Å²) in [5, 5.41) is 17.5. The van der Waals surface area contributed by atoms with E-state index in [0.29, 0.717) is 13.1 Å². The van der Waals surface area contributed by atoms with Crippen molar-refractivity contribution in [1.82, 2.24) is 15.1 Å². The molecule has 2 aliphatic heterocycles. The number of guanidine groups is 1. The third kappa shape index (κ3) is 6.57. The summed E-state index contributed by atoms with van der Waals surface area (Å²) in [4.78, 5) is 11.9. The van der Waals surface area contributed by atoms with Gasteiger partial charge < -0.3 is 20.2 Å². The Morgan fingerprint density at radius 1 is 1.10 bits per heavy atom. The van der Waals surface area contributed by atoms with Crippen molar-refractivity contribution < 1.29 is 5.11 Å². The molecule has 2 N–H and O–H groups in total. The summed E-state index contributed by atoms with van der Waals surface area (Å²) in [6.07, 6.45) is 0.611. The zero-order valence-corrected chi connectivity index (χ0v) is 21.4. The number of anilines is 1. The number of piperazine rings is 1. The van der Waals surface area contributed by atoms with Crippen molar-refractivity contribution in [3.8, 4) is 0 Å². The Kier molecular flexibility index (Phi) is 9.43. The molecular weight excluding hydrogens is 521 g/mol. The third-order valence-electron chi connectivity index (χ3n) is 5.86. The summed E-state index contributed by atoms with van der Waals surface area (Å²) in [7, 11) is 0. The van der Waals surface area contributed by atoms with Crippen molar-refractivity contribution in [2.75, 3.05) is 57.3 Å². The van der Waals surface area contributed by atoms with Crippen LogP contribution in [0.25, 0.3) is 0 Å². The molecule has 1 aromatic carbocycles. The Morgan fingerprint density at radius 2 is 1.87 bits per heavy atom. The van der Waals surface area contributed by atoms with E-state index in [4.69, 9.17) is 4.99 Å². The van der Waals surface area contributed by atoms with Gasteiger partial charge in [-0.05, 0) is 42.0 Å². The molecule has 4 rings (SSSR count). The van der Waals surface area contributed by atoms with Gasteiger partial charge in [-0.25, -0.2) is 0 Å². The average Bonchev–Trinajstić information content (AvgIpc) is 3.32. The van der Waals surface area contributed by atoms with Gasteiger partial charge in [0, 0.05) is 52.4 Å². The number of nitrogens with zero attached hydrogens (tertiary/aromatic N) is 4. The minimum absolute atomic E-state index is 0. The molecule has 170 valence electrons. The van der Waals surface area contributed by atoms with Crippen molar-refractivity contribution >= 4 is 46.3 Å². The maximum Gasteiger partial charge on any atom is 0.194 e. The first-order chi connectivity index (χ1) is 14.7. The van der Waals surface area contributed by atoms with Gasteiger partial charge in [0.15, 0.2) is 5.96 Å². The monoisotopic (exact) mass is 555 g/mol. The minimum atomic E-state index is -0.448. The van der Waals surface area contributed by atoms with Crippen molar-refractivity contribution in [1.29, 1.82) is 0 Å². The quantitative estimate of drug-likeness (QED) is 0.326. The molecule has 0 saturated carbocycles. The van der Waals surface area contributed by atoms with E-state index in [-0.39, 0.29) is 24.0 Å². The summed E-state index contributed by atoms with van der Waals surface area (Å²) in [5.41, 5.74) is 2.83. The number of aliphatic imine (C=N–C) groups is 1. The highest BCUT2D eigenvalue weighted by atomic mass is 127.